The summed E-state index contributed by atoms with van der Waals surface area (Å²) in [5, 5.41) is 5.11. The summed E-state index contributed by atoms with van der Waals surface area (Å²) >= 11 is 12.4. The summed E-state index contributed by atoms with van der Waals surface area (Å²) in [6, 6.07) is 19.6. The van der Waals surface area contributed by atoms with Gasteiger partial charge in [-0.2, -0.15) is 5.10 Å². The van der Waals surface area contributed by atoms with Gasteiger partial charge in [0.25, 0.3) is 15.9 Å². The fourth-order valence-corrected chi connectivity index (χ4v) is 6.30. The standard InChI is InChI=1S/C29H28Cl2N4O5S/c1-19-12-21(20(2)35(19)24-14-22(30)13-23(31)15-24)17-32-33-29(36)18-34(41(37,38)26-8-6-5-7-9-26)27-11-10-25(39-3)16-28(27)40-4/h5-17H,18H2,1-4H3,(H,33,36)/b32-17-. The van der Waals surface area contributed by atoms with Gasteiger partial charge in [0.2, 0.25) is 0 Å². The maximum absolute atomic E-state index is 13.7. The number of anilines is 1. The molecule has 0 spiro atoms. The van der Waals surface area contributed by atoms with Gasteiger partial charge < -0.3 is 14.0 Å². The number of rotatable bonds is 10. The number of carbonyl (C=O) groups excluding carboxylic acids is 1. The Bertz CT molecular complexity index is 1690. The molecule has 0 fully saturated rings. The minimum absolute atomic E-state index is 0.0164. The van der Waals surface area contributed by atoms with E-state index in [0.717, 1.165) is 26.9 Å². The molecule has 0 saturated carbocycles. The minimum Gasteiger partial charge on any atom is -0.497 e. The van der Waals surface area contributed by atoms with Gasteiger partial charge in [-0.15, -0.1) is 0 Å². The van der Waals surface area contributed by atoms with Crippen LogP contribution in [-0.4, -0.2) is 45.9 Å². The van der Waals surface area contributed by atoms with Gasteiger partial charge in [-0.05, 0) is 62.4 Å². The van der Waals surface area contributed by atoms with E-state index in [-0.39, 0.29) is 16.3 Å². The normalized spacial score (nSPS) is 11.5. The molecule has 0 bridgehead atoms. The van der Waals surface area contributed by atoms with Crippen LogP contribution in [0.15, 0.2) is 82.8 Å². The van der Waals surface area contributed by atoms with Crippen molar-refractivity contribution in [2.75, 3.05) is 25.1 Å². The van der Waals surface area contributed by atoms with E-state index in [2.05, 4.69) is 10.5 Å². The van der Waals surface area contributed by atoms with Gasteiger partial charge in [0, 0.05) is 38.8 Å². The van der Waals surface area contributed by atoms with Gasteiger partial charge in [-0.25, -0.2) is 13.8 Å². The molecule has 4 aromatic rings. The number of aromatic nitrogens is 1. The summed E-state index contributed by atoms with van der Waals surface area (Å²) in [7, 11) is -1.26. The van der Waals surface area contributed by atoms with Gasteiger partial charge >= 0.3 is 0 Å². The number of aryl methyl sites for hydroxylation is 1. The predicted molar refractivity (Wildman–Crippen MR) is 162 cm³/mol. The van der Waals surface area contributed by atoms with Gasteiger partial charge in [-0.1, -0.05) is 41.4 Å². The van der Waals surface area contributed by atoms with Crippen LogP contribution < -0.4 is 19.2 Å². The van der Waals surface area contributed by atoms with Gasteiger partial charge in [0.1, 0.15) is 18.0 Å². The van der Waals surface area contributed by atoms with E-state index in [1.54, 1.807) is 48.5 Å². The Kier molecular flexibility index (Phi) is 9.27. The number of ether oxygens (including phenoxy) is 2. The Morgan fingerprint density at radius 1 is 0.976 bits per heavy atom. The molecule has 0 aliphatic heterocycles. The number of sulfonamides is 1. The quantitative estimate of drug-likeness (QED) is 0.181. The summed E-state index contributed by atoms with van der Waals surface area (Å²) < 4.78 is 40.9. The van der Waals surface area contributed by atoms with Crippen molar-refractivity contribution in [2.24, 2.45) is 5.10 Å². The van der Waals surface area contributed by atoms with Crippen molar-refractivity contribution in [3.63, 3.8) is 0 Å². The second-order valence-electron chi connectivity index (χ2n) is 8.95. The molecule has 1 N–H and O–H groups in total. The van der Waals surface area contributed by atoms with E-state index in [1.165, 1.54) is 38.6 Å². The molecule has 4 rings (SSSR count). The Balaban J connectivity index is 1.60. The Morgan fingerprint density at radius 3 is 2.29 bits per heavy atom. The van der Waals surface area contributed by atoms with Crippen molar-refractivity contribution in [3.05, 3.63) is 99.8 Å². The fourth-order valence-electron chi connectivity index (χ4n) is 4.33. The number of benzene rings is 3. The summed E-state index contributed by atoms with van der Waals surface area (Å²) in [6.07, 6.45) is 1.49. The number of hydrogen-bond acceptors (Lipinski definition) is 6. The van der Waals surface area contributed by atoms with Crippen LogP contribution in [0, 0.1) is 13.8 Å². The topological polar surface area (TPSA) is 102 Å². The number of carbonyl (C=O) groups is 1. The number of halogens is 2. The molecular formula is C29H28Cl2N4O5S. The SMILES string of the molecule is COc1ccc(N(CC(=O)N/N=C\c2cc(C)n(-c3cc(Cl)cc(Cl)c3)c2C)S(=O)(=O)c2ccccc2)c(OC)c1. The Labute approximate surface area is 249 Å². The minimum atomic E-state index is -4.15. The number of hydrazone groups is 1. The molecule has 41 heavy (non-hydrogen) atoms. The fraction of sp³-hybridized carbons (Fsp3) is 0.172. The summed E-state index contributed by atoms with van der Waals surface area (Å²) in [6.45, 7) is 3.26. The Morgan fingerprint density at radius 2 is 1.66 bits per heavy atom. The molecule has 0 aliphatic carbocycles. The molecule has 0 saturated heterocycles. The highest BCUT2D eigenvalue weighted by atomic mass is 35.5. The molecule has 3 aromatic carbocycles. The van der Waals surface area contributed by atoms with E-state index < -0.39 is 22.5 Å². The lowest BCUT2D eigenvalue weighted by Crippen LogP contribution is -2.39. The van der Waals surface area contributed by atoms with E-state index in [1.807, 2.05) is 24.5 Å². The molecule has 0 unspecified atom stereocenters. The summed E-state index contributed by atoms with van der Waals surface area (Å²) in [5.74, 6) is 0.0251. The summed E-state index contributed by atoms with van der Waals surface area (Å²) in [4.78, 5) is 13.1. The zero-order valence-corrected chi connectivity index (χ0v) is 25.1. The van der Waals surface area contributed by atoms with Crippen LogP contribution >= 0.6 is 23.2 Å². The number of hydrogen-bond donors (Lipinski definition) is 1. The average molecular weight is 616 g/mol. The number of amides is 1. The lowest BCUT2D eigenvalue weighted by Gasteiger charge is -2.25. The molecule has 0 radical (unpaired) electrons. The van der Waals surface area contributed by atoms with E-state index in [9.17, 15) is 13.2 Å². The highest BCUT2D eigenvalue weighted by Gasteiger charge is 2.29. The third kappa shape index (κ3) is 6.67. The predicted octanol–water partition coefficient (Wildman–Crippen LogP) is 5.76. The first-order valence-corrected chi connectivity index (χ1v) is 14.5. The van der Waals surface area contributed by atoms with E-state index in [4.69, 9.17) is 32.7 Å². The Hall–Kier alpha value is -3.99. The monoisotopic (exact) mass is 614 g/mol. The largest absolute Gasteiger partial charge is 0.497 e. The van der Waals surface area contributed by atoms with Crippen LogP contribution in [0.1, 0.15) is 17.0 Å². The highest BCUT2D eigenvalue weighted by molar-refractivity contribution is 7.92. The van der Waals surface area contributed by atoms with Crippen LogP contribution in [0.25, 0.3) is 5.69 Å². The molecule has 12 heteroatoms. The second kappa shape index (κ2) is 12.7. The van der Waals surface area contributed by atoms with Crippen molar-refractivity contribution >= 4 is 51.0 Å². The summed E-state index contributed by atoms with van der Waals surface area (Å²) in [5.41, 5.74) is 5.88. The molecule has 214 valence electrons. The van der Waals surface area contributed by atoms with Crippen molar-refractivity contribution < 1.29 is 22.7 Å². The first kappa shape index (κ1) is 30.0. The maximum Gasteiger partial charge on any atom is 0.264 e. The number of methoxy groups -OCH3 is 2. The van der Waals surface area contributed by atoms with Crippen molar-refractivity contribution in [2.45, 2.75) is 18.7 Å². The van der Waals surface area contributed by atoms with E-state index >= 15 is 0 Å². The zero-order valence-electron chi connectivity index (χ0n) is 22.8. The lowest BCUT2D eigenvalue weighted by atomic mass is 10.2. The second-order valence-corrected chi connectivity index (χ2v) is 11.7. The number of nitrogens with zero attached hydrogens (tertiary/aromatic N) is 3. The van der Waals surface area contributed by atoms with Crippen LogP contribution in [0.2, 0.25) is 10.0 Å². The molecule has 1 heterocycles. The van der Waals surface area contributed by atoms with Gasteiger partial charge in [-0.3, -0.25) is 9.10 Å². The van der Waals surface area contributed by atoms with Crippen LogP contribution in [-0.2, 0) is 14.8 Å². The first-order valence-electron chi connectivity index (χ1n) is 12.3. The van der Waals surface area contributed by atoms with E-state index in [0.29, 0.717) is 15.8 Å². The lowest BCUT2D eigenvalue weighted by molar-refractivity contribution is -0.119. The average Bonchev–Trinajstić information content (AvgIpc) is 3.23. The van der Waals surface area contributed by atoms with Crippen molar-refractivity contribution in [3.8, 4) is 17.2 Å². The molecule has 1 aromatic heterocycles. The maximum atomic E-state index is 13.7. The van der Waals surface area contributed by atoms with Crippen LogP contribution in [0.5, 0.6) is 11.5 Å². The first-order chi connectivity index (χ1) is 19.5. The van der Waals surface area contributed by atoms with Gasteiger partial charge in [0.05, 0.1) is 31.0 Å². The van der Waals surface area contributed by atoms with Crippen molar-refractivity contribution in [1.29, 1.82) is 0 Å². The smallest absolute Gasteiger partial charge is 0.264 e. The van der Waals surface area contributed by atoms with Crippen LogP contribution in [0.3, 0.4) is 0 Å². The molecular weight excluding hydrogens is 587 g/mol. The molecule has 1 amide bonds. The third-order valence-electron chi connectivity index (χ3n) is 6.24. The van der Waals surface area contributed by atoms with Crippen molar-refractivity contribution in [1.82, 2.24) is 9.99 Å². The number of nitrogens with one attached hydrogen (secondary N) is 1. The third-order valence-corrected chi connectivity index (χ3v) is 8.45. The van der Waals surface area contributed by atoms with Gasteiger partial charge in [0.15, 0.2) is 0 Å². The zero-order chi connectivity index (χ0) is 29.7. The molecule has 0 aliphatic rings. The highest BCUT2D eigenvalue weighted by Crippen LogP contribution is 2.35. The molecule has 9 nitrogen and oxygen atoms in total. The molecule has 0 atom stereocenters. The van der Waals surface area contributed by atoms with Crippen LogP contribution in [0.4, 0.5) is 5.69 Å².